The fraction of sp³-hybridized carbons (Fsp3) is 0.200. The van der Waals surface area contributed by atoms with Gasteiger partial charge in [0.2, 0.25) is 0 Å². The van der Waals surface area contributed by atoms with E-state index in [-0.39, 0.29) is 12.3 Å². The zero-order valence-corrected chi connectivity index (χ0v) is 9.35. The predicted octanol–water partition coefficient (Wildman–Crippen LogP) is 2.32. The molecule has 0 bridgehead atoms. The number of benzene rings is 1. The summed E-state index contributed by atoms with van der Waals surface area (Å²) in [6.45, 7) is 1.86. The summed E-state index contributed by atoms with van der Waals surface area (Å²) in [5.41, 5.74) is 1.08. The molecule has 0 radical (unpaired) electrons. The lowest BCUT2D eigenvalue weighted by atomic mass is 10.2. The van der Waals surface area contributed by atoms with Gasteiger partial charge in [-0.1, -0.05) is 28.0 Å². The monoisotopic (exact) mass is 242 g/mol. The maximum Gasteiger partial charge on any atom is 0.138 e. The van der Waals surface area contributed by atoms with E-state index >= 15 is 0 Å². The molecule has 16 heavy (non-hydrogen) atoms. The van der Waals surface area contributed by atoms with Crippen molar-refractivity contribution in [1.29, 1.82) is 0 Å². The van der Waals surface area contributed by atoms with Crippen molar-refractivity contribution in [3.05, 3.63) is 28.8 Å². The Kier molecular flexibility index (Phi) is 4.60. The number of oxime groups is 2. The molecule has 0 fully saturated rings. The van der Waals surface area contributed by atoms with Crippen molar-refractivity contribution in [2.45, 2.75) is 6.92 Å². The van der Waals surface area contributed by atoms with Crippen LogP contribution in [0.4, 0.5) is 0 Å². The maximum atomic E-state index is 8.53. The average Bonchev–Trinajstić information content (AvgIpc) is 2.28. The van der Waals surface area contributed by atoms with E-state index < -0.39 is 0 Å². The molecule has 2 N–H and O–H groups in total. The highest BCUT2D eigenvalue weighted by Crippen LogP contribution is 2.24. The van der Waals surface area contributed by atoms with Crippen molar-refractivity contribution in [1.82, 2.24) is 0 Å². The molecule has 0 saturated heterocycles. The third-order valence-corrected chi connectivity index (χ3v) is 2.11. The van der Waals surface area contributed by atoms with Crippen LogP contribution in [0.1, 0.15) is 5.56 Å². The number of nitrogens with zero attached hydrogens (tertiary/aromatic N) is 2. The normalized spacial score (nSPS) is 12.0. The Hall–Kier alpha value is -1.75. The SMILES string of the molecule is Cc1ccc(Cl)c(OCC(/C=N/O)=N\O)c1. The number of rotatable bonds is 4. The fourth-order valence-corrected chi connectivity index (χ4v) is 1.20. The molecular formula is C10H11ClN2O3. The predicted molar refractivity (Wildman–Crippen MR) is 61.2 cm³/mol. The van der Waals surface area contributed by atoms with Gasteiger partial charge in [-0.25, -0.2) is 0 Å². The minimum absolute atomic E-state index is 0.0380. The third-order valence-electron chi connectivity index (χ3n) is 1.80. The first-order chi connectivity index (χ1) is 7.67. The number of hydrogen-bond donors (Lipinski definition) is 2. The first kappa shape index (κ1) is 12.3. The number of aryl methyl sites for hydroxylation is 1. The molecule has 0 amide bonds. The van der Waals surface area contributed by atoms with E-state index in [0.717, 1.165) is 11.8 Å². The molecule has 0 heterocycles. The Morgan fingerprint density at radius 2 is 2.25 bits per heavy atom. The van der Waals surface area contributed by atoms with Crippen LogP contribution in [-0.2, 0) is 0 Å². The molecule has 0 atom stereocenters. The molecule has 1 rings (SSSR count). The van der Waals surface area contributed by atoms with Crippen molar-refractivity contribution in [2.75, 3.05) is 6.61 Å². The van der Waals surface area contributed by atoms with Gasteiger partial charge in [-0.2, -0.15) is 0 Å². The van der Waals surface area contributed by atoms with Crippen molar-refractivity contribution in [3.8, 4) is 5.75 Å². The second-order valence-electron chi connectivity index (χ2n) is 3.06. The maximum absolute atomic E-state index is 8.53. The number of halogens is 1. The van der Waals surface area contributed by atoms with E-state index in [1.807, 2.05) is 13.0 Å². The quantitative estimate of drug-likeness (QED) is 0.483. The van der Waals surface area contributed by atoms with Crippen LogP contribution >= 0.6 is 11.6 Å². The highest BCUT2D eigenvalue weighted by molar-refractivity contribution is 6.32. The van der Waals surface area contributed by atoms with E-state index in [4.69, 9.17) is 26.8 Å². The molecule has 6 heteroatoms. The molecule has 0 saturated carbocycles. The molecule has 0 unspecified atom stereocenters. The number of hydrogen-bond acceptors (Lipinski definition) is 5. The molecule has 0 aliphatic rings. The molecular weight excluding hydrogens is 232 g/mol. The summed E-state index contributed by atoms with van der Waals surface area (Å²) in [4.78, 5) is 0. The van der Waals surface area contributed by atoms with Crippen LogP contribution in [0.2, 0.25) is 5.02 Å². The molecule has 1 aromatic rings. The Bertz CT molecular complexity index is 419. The standard InChI is InChI=1S/C10H11ClN2O3/c1-7-2-3-9(11)10(4-7)16-6-8(13-15)5-12-14/h2-5,14-15H,6H2,1H3/b12-5+,13-8-. The highest BCUT2D eigenvalue weighted by atomic mass is 35.5. The van der Waals surface area contributed by atoms with Crippen LogP contribution in [0.25, 0.3) is 0 Å². The van der Waals surface area contributed by atoms with Gasteiger partial charge in [-0.05, 0) is 24.6 Å². The zero-order chi connectivity index (χ0) is 12.0. The van der Waals surface area contributed by atoms with Crippen molar-refractivity contribution in [3.63, 3.8) is 0 Å². The van der Waals surface area contributed by atoms with Gasteiger partial charge in [0.05, 0.1) is 11.2 Å². The van der Waals surface area contributed by atoms with Gasteiger partial charge in [0, 0.05) is 0 Å². The van der Waals surface area contributed by atoms with Crippen LogP contribution in [0, 0.1) is 6.92 Å². The topological polar surface area (TPSA) is 74.4 Å². The molecule has 5 nitrogen and oxygen atoms in total. The summed E-state index contributed by atoms with van der Waals surface area (Å²) in [5.74, 6) is 0.481. The summed E-state index contributed by atoms with van der Waals surface area (Å²) >= 11 is 5.89. The van der Waals surface area contributed by atoms with Gasteiger partial charge in [0.1, 0.15) is 18.1 Å². The van der Waals surface area contributed by atoms with E-state index in [1.54, 1.807) is 12.1 Å². The Balaban J connectivity index is 2.70. The molecule has 0 aliphatic heterocycles. The largest absolute Gasteiger partial charge is 0.486 e. The fourth-order valence-electron chi connectivity index (χ4n) is 1.03. The smallest absolute Gasteiger partial charge is 0.138 e. The number of ether oxygens (including phenoxy) is 1. The van der Waals surface area contributed by atoms with Crippen LogP contribution < -0.4 is 4.74 Å². The van der Waals surface area contributed by atoms with Gasteiger partial charge in [-0.15, -0.1) is 0 Å². The van der Waals surface area contributed by atoms with Crippen LogP contribution in [0.15, 0.2) is 28.5 Å². The summed E-state index contributed by atoms with van der Waals surface area (Å²) in [6.07, 6.45) is 0.976. The summed E-state index contributed by atoms with van der Waals surface area (Å²) in [5, 5.41) is 22.9. The van der Waals surface area contributed by atoms with Gasteiger partial charge < -0.3 is 15.2 Å². The molecule has 0 spiro atoms. The first-order valence-electron chi connectivity index (χ1n) is 4.44. The van der Waals surface area contributed by atoms with Crippen LogP contribution in [0.3, 0.4) is 0 Å². The molecule has 0 aliphatic carbocycles. The van der Waals surface area contributed by atoms with Crippen molar-refractivity contribution >= 4 is 23.5 Å². The first-order valence-corrected chi connectivity index (χ1v) is 4.82. The van der Waals surface area contributed by atoms with E-state index in [1.165, 1.54) is 0 Å². The highest BCUT2D eigenvalue weighted by Gasteiger charge is 2.04. The molecule has 0 aromatic heterocycles. The van der Waals surface area contributed by atoms with E-state index in [2.05, 4.69) is 10.3 Å². The van der Waals surface area contributed by atoms with Gasteiger partial charge in [0.15, 0.2) is 0 Å². The summed E-state index contributed by atoms with van der Waals surface area (Å²) < 4.78 is 5.30. The van der Waals surface area contributed by atoms with Gasteiger partial charge >= 0.3 is 0 Å². The minimum atomic E-state index is -0.0380. The Labute approximate surface area is 97.6 Å². The van der Waals surface area contributed by atoms with E-state index in [0.29, 0.717) is 10.8 Å². The van der Waals surface area contributed by atoms with Crippen molar-refractivity contribution < 1.29 is 15.2 Å². The summed E-state index contributed by atoms with van der Waals surface area (Å²) in [6, 6.07) is 5.32. The molecule has 86 valence electrons. The van der Waals surface area contributed by atoms with E-state index in [9.17, 15) is 0 Å². The van der Waals surface area contributed by atoms with Crippen LogP contribution in [0.5, 0.6) is 5.75 Å². The molecule has 1 aromatic carbocycles. The zero-order valence-electron chi connectivity index (χ0n) is 8.59. The lowest BCUT2D eigenvalue weighted by Crippen LogP contribution is -2.13. The lowest BCUT2D eigenvalue weighted by Gasteiger charge is -2.07. The van der Waals surface area contributed by atoms with Crippen LogP contribution in [-0.4, -0.2) is 28.9 Å². The lowest BCUT2D eigenvalue weighted by molar-refractivity contribution is 0.306. The van der Waals surface area contributed by atoms with Crippen molar-refractivity contribution in [2.24, 2.45) is 10.3 Å². The van der Waals surface area contributed by atoms with Gasteiger partial charge in [-0.3, -0.25) is 0 Å². The van der Waals surface area contributed by atoms with Gasteiger partial charge in [0.25, 0.3) is 0 Å². The Morgan fingerprint density at radius 3 is 2.88 bits per heavy atom. The Morgan fingerprint density at radius 1 is 1.50 bits per heavy atom. The second-order valence-corrected chi connectivity index (χ2v) is 3.47. The summed E-state index contributed by atoms with van der Waals surface area (Å²) in [7, 11) is 0. The second kappa shape index (κ2) is 5.97. The third kappa shape index (κ3) is 3.43. The minimum Gasteiger partial charge on any atom is -0.486 e. The average molecular weight is 243 g/mol.